The molecule has 1 aromatic heterocycles. The summed E-state index contributed by atoms with van der Waals surface area (Å²) in [7, 11) is 1.74. The molecule has 5 nitrogen and oxygen atoms in total. The molecule has 0 amide bonds. The van der Waals surface area contributed by atoms with Crippen LogP contribution in [-0.2, 0) is 27.1 Å². The van der Waals surface area contributed by atoms with Gasteiger partial charge in [-0.1, -0.05) is 27.7 Å². The van der Waals surface area contributed by atoms with Gasteiger partial charge in [0.05, 0.1) is 12.0 Å². The zero-order valence-corrected chi connectivity index (χ0v) is 18.7. The summed E-state index contributed by atoms with van der Waals surface area (Å²) in [6.07, 6.45) is 8.70. The van der Waals surface area contributed by atoms with E-state index in [1.54, 1.807) is 7.11 Å². The number of rotatable bonds is 12. The van der Waals surface area contributed by atoms with E-state index in [1.165, 1.54) is 5.56 Å². The van der Waals surface area contributed by atoms with Crippen molar-refractivity contribution in [2.75, 3.05) is 13.7 Å². The molecule has 5 heteroatoms. The SMILES string of the molecule is COCCCCc1cc(CC(CC(N)C2=CC(C(C)C)C(=O)O2)C(C)C)ccn1. The van der Waals surface area contributed by atoms with Crippen LogP contribution in [0.3, 0.4) is 0 Å². The number of ether oxygens (including phenoxy) is 2. The lowest BCUT2D eigenvalue weighted by Gasteiger charge is -2.24. The van der Waals surface area contributed by atoms with E-state index in [9.17, 15) is 4.79 Å². The molecule has 3 atom stereocenters. The second kappa shape index (κ2) is 11.5. The van der Waals surface area contributed by atoms with Crippen molar-refractivity contribution in [3.8, 4) is 0 Å². The number of aromatic nitrogens is 1. The molecule has 1 aliphatic heterocycles. The van der Waals surface area contributed by atoms with Gasteiger partial charge in [0.15, 0.2) is 0 Å². The van der Waals surface area contributed by atoms with Gasteiger partial charge in [0.25, 0.3) is 0 Å². The molecule has 0 fully saturated rings. The maximum Gasteiger partial charge on any atom is 0.318 e. The van der Waals surface area contributed by atoms with Crippen molar-refractivity contribution in [3.63, 3.8) is 0 Å². The fourth-order valence-corrected chi connectivity index (χ4v) is 3.81. The van der Waals surface area contributed by atoms with Gasteiger partial charge in [0.1, 0.15) is 5.76 Å². The number of pyridine rings is 1. The van der Waals surface area contributed by atoms with E-state index in [4.69, 9.17) is 15.2 Å². The van der Waals surface area contributed by atoms with E-state index in [0.29, 0.717) is 17.6 Å². The molecular weight excluding hydrogens is 364 g/mol. The third kappa shape index (κ3) is 7.23. The summed E-state index contributed by atoms with van der Waals surface area (Å²) in [6, 6.07) is 4.08. The molecule has 0 saturated carbocycles. The van der Waals surface area contributed by atoms with Crippen LogP contribution in [0.15, 0.2) is 30.2 Å². The zero-order valence-electron chi connectivity index (χ0n) is 18.7. The van der Waals surface area contributed by atoms with Gasteiger partial charge in [-0.2, -0.15) is 0 Å². The van der Waals surface area contributed by atoms with E-state index in [2.05, 4.69) is 31.0 Å². The molecule has 0 aliphatic carbocycles. The number of unbranched alkanes of at least 4 members (excludes halogenated alkanes) is 1. The highest BCUT2D eigenvalue weighted by atomic mass is 16.5. The zero-order chi connectivity index (χ0) is 21.4. The fourth-order valence-electron chi connectivity index (χ4n) is 3.81. The maximum atomic E-state index is 12.1. The number of carbonyl (C=O) groups excluding carboxylic acids is 1. The summed E-state index contributed by atoms with van der Waals surface area (Å²) in [6.45, 7) is 9.33. The van der Waals surface area contributed by atoms with E-state index in [1.807, 2.05) is 26.1 Å². The molecule has 0 bridgehead atoms. The monoisotopic (exact) mass is 402 g/mol. The van der Waals surface area contributed by atoms with Crippen LogP contribution in [0.2, 0.25) is 0 Å². The Bertz CT molecular complexity index is 684. The molecule has 1 aliphatic rings. The van der Waals surface area contributed by atoms with Crippen molar-refractivity contribution < 1.29 is 14.3 Å². The lowest BCUT2D eigenvalue weighted by Crippen LogP contribution is -2.29. The Morgan fingerprint density at radius 1 is 1.24 bits per heavy atom. The van der Waals surface area contributed by atoms with Crippen LogP contribution in [0.5, 0.6) is 0 Å². The first-order valence-electron chi connectivity index (χ1n) is 10.9. The van der Waals surface area contributed by atoms with E-state index in [0.717, 1.165) is 44.4 Å². The molecule has 0 saturated heterocycles. The number of nitrogens with two attached hydrogens (primary N) is 1. The summed E-state index contributed by atoms with van der Waals surface area (Å²) < 4.78 is 10.6. The van der Waals surface area contributed by atoms with Crippen LogP contribution in [0.25, 0.3) is 0 Å². The fraction of sp³-hybridized carbons (Fsp3) is 0.667. The third-order valence-electron chi connectivity index (χ3n) is 5.83. The predicted molar refractivity (Wildman–Crippen MR) is 116 cm³/mol. The van der Waals surface area contributed by atoms with E-state index < -0.39 is 0 Å². The lowest BCUT2D eigenvalue weighted by atomic mass is 9.83. The summed E-state index contributed by atoms with van der Waals surface area (Å²) >= 11 is 0. The van der Waals surface area contributed by atoms with Crippen molar-refractivity contribution in [1.82, 2.24) is 4.98 Å². The van der Waals surface area contributed by atoms with Gasteiger partial charge >= 0.3 is 5.97 Å². The number of esters is 1. The van der Waals surface area contributed by atoms with Crippen molar-refractivity contribution in [2.45, 2.75) is 65.8 Å². The number of hydrogen-bond acceptors (Lipinski definition) is 5. The minimum atomic E-state index is -0.245. The Hall–Kier alpha value is -1.72. The first kappa shape index (κ1) is 23.6. The average Bonchev–Trinajstić information content (AvgIpc) is 3.07. The topological polar surface area (TPSA) is 74.4 Å². The van der Waals surface area contributed by atoms with Crippen LogP contribution >= 0.6 is 0 Å². The number of aryl methyl sites for hydroxylation is 1. The molecule has 0 spiro atoms. The Morgan fingerprint density at radius 2 is 2.00 bits per heavy atom. The van der Waals surface area contributed by atoms with Gasteiger partial charge in [-0.15, -0.1) is 0 Å². The first-order chi connectivity index (χ1) is 13.8. The van der Waals surface area contributed by atoms with Gasteiger partial charge in [-0.05, 0) is 73.6 Å². The molecule has 2 heterocycles. The van der Waals surface area contributed by atoms with Crippen LogP contribution < -0.4 is 5.73 Å². The van der Waals surface area contributed by atoms with Gasteiger partial charge in [0.2, 0.25) is 0 Å². The van der Waals surface area contributed by atoms with E-state index >= 15 is 0 Å². The molecule has 0 aromatic carbocycles. The Labute approximate surface area is 176 Å². The summed E-state index contributed by atoms with van der Waals surface area (Å²) in [4.78, 5) is 16.6. The quantitative estimate of drug-likeness (QED) is 0.417. The highest BCUT2D eigenvalue weighted by molar-refractivity contribution is 5.78. The second-order valence-corrected chi connectivity index (χ2v) is 8.92. The van der Waals surface area contributed by atoms with Crippen LogP contribution in [-0.4, -0.2) is 30.7 Å². The molecule has 0 radical (unpaired) electrons. The smallest absolute Gasteiger partial charge is 0.318 e. The first-order valence-corrected chi connectivity index (χ1v) is 10.9. The Morgan fingerprint density at radius 3 is 2.62 bits per heavy atom. The summed E-state index contributed by atoms with van der Waals surface area (Å²) in [5, 5.41) is 0. The van der Waals surface area contributed by atoms with Crippen LogP contribution in [0, 0.1) is 23.7 Å². The van der Waals surface area contributed by atoms with Gasteiger partial charge in [-0.3, -0.25) is 9.78 Å². The highest BCUT2D eigenvalue weighted by Crippen LogP contribution is 2.30. The largest absolute Gasteiger partial charge is 0.429 e. The average molecular weight is 403 g/mol. The number of nitrogens with zero attached hydrogens (tertiary/aromatic N) is 1. The molecule has 29 heavy (non-hydrogen) atoms. The van der Waals surface area contributed by atoms with E-state index in [-0.39, 0.29) is 23.8 Å². The number of cyclic esters (lactones) is 1. The number of methoxy groups -OCH3 is 1. The molecule has 162 valence electrons. The van der Waals surface area contributed by atoms with Crippen LogP contribution in [0.1, 0.15) is 58.2 Å². The standard InChI is InChI=1S/C24H38N2O3/c1-16(2)19(14-22(25)23-15-21(17(3)4)24(27)29-23)12-18-9-10-26-20(13-18)8-6-7-11-28-5/h9-10,13,15-17,19,21-22H,6-8,11-12,14,25H2,1-5H3. The highest BCUT2D eigenvalue weighted by Gasteiger charge is 2.33. The van der Waals surface area contributed by atoms with Crippen molar-refractivity contribution in [3.05, 3.63) is 41.4 Å². The Balaban J connectivity index is 1.98. The minimum Gasteiger partial charge on any atom is -0.429 e. The summed E-state index contributed by atoms with van der Waals surface area (Å²) in [5.41, 5.74) is 8.88. The van der Waals surface area contributed by atoms with Crippen LogP contribution in [0.4, 0.5) is 0 Å². The lowest BCUT2D eigenvalue weighted by molar-refractivity contribution is -0.141. The van der Waals surface area contributed by atoms with Crippen molar-refractivity contribution >= 4 is 5.97 Å². The van der Waals surface area contributed by atoms with Gasteiger partial charge < -0.3 is 15.2 Å². The molecule has 1 aromatic rings. The molecular formula is C24H38N2O3. The molecule has 3 unspecified atom stereocenters. The second-order valence-electron chi connectivity index (χ2n) is 8.92. The third-order valence-corrected chi connectivity index (χ3v) is 5.83. The normalized spacial score (nSPS) is 18.8. The van der Waals surface area contributed by atoms with Gasteiger partial charge in [-0.25, -0.2) is 0 Å². The Kier molecular flexibility index (Phi) is 9.31. The molecule has 2 rings (SSSR count). The summed E-state index contributed by atoms with van der Waals surface area (Å²) in [5.74, 6) is 1.43. The van der Waals surface area contributed by atoms with Gasteiger partial charge in [0, 0.05) is 25.6 Å². The van der Waals surface area contributed by atoms with Crippen molar-refractivity contribution in [1.29, 1.82) is 0 Å². The maximum absolute atomic E-state index is 12.1. The van der Waals surface area contributed by atoms with Crippen molar-refractivity contribution in [2.24, 2.45) is 29.4 Å². The molecule has 2 N–H and O–H groups in total. The predicted octanol–water partition coefficient (Wildman–Crippen LogP) is 4.30. The minimum absolute atomic E-state index is 0.168. The number of carbonyl (C=O) groups is 1. The number of hydrogen-bond donors (Lipinski definition) is 1.